The summed E-state index contributed by atoms with van der Waals surface area (Å²) in [6, 6.07) is 18.1. The molecule has 3 aromatic rings. The molecule has 0 heterocycles. The fourth-order valence-corrected chi connectivity index (χ4v) is 4.01. The van der Waals surface area contributed by atoms with Gasteiger partial charge in [0.2, 0.25) is 0 Å². The second kappa shape index (κ2) is 7.92. The van der Waals surface area contributed by atoms with Crippen LogP contribution < -0.4 is 4.74 Å². The predicted molar refractivity (Wildman–Crippen MR) is 113 cm³/mol. The Labute approximate surface area is 169 Å². The Morgan fingerprint density at radius 1 is 0.862 bits per heavy atom. The second-order valence-electron chi connectivity index (χ2n) is 7.37. The molecule has 0 radical (unpaired) electrons. The number of carboxylic acid groups (broad SMARTS) is 1. The summed E-state index contributed by atoms with van der Waals surface area (Å²) >= 11 is 0. The zero-order valence-electron chi connectivity index (χ0n) is 16.3. The summed E-state index contributed by atoms with van der Waals surface area (Å²) in [4.78, 5) is 24.6. The summed E-state index contributed by atoms with van der Waals surface area (Å²) < 4.78 is 5.86. The third kappa shape index (κ3) is 3.66. The van der Waals surface area contributed by atoms with Crippen LogP contribution in [0, 0.1) is 0 Å². The number of allylic oxidation sites excluding steroid dienone is 1. The van der Waals surface area contributed by atoms with Crippen molar-refractivity contribution in [1.82, 2.24) is 0 Å². The molecule has 29 heavy (non-hydrogen) atoms. The third-order valence-corrected chi connectivity index (χ3v) is 5.51. The number of benzene rings is 3. The number of ether oxygens (including phenoxy) is 1. The van der Waals surface area contributed by atoms with Gasteiger partial charge in [-0.1, -0.05) is 54.1 Å². The fourth-order valence-electron chi connectivity index (χ4n) is 4.01. The molecule has 146 valence electrons. The van der Waals surface area contributed by atoms with Crippen LogP contribution in [0.1, 0.15) is 43.0 Å². The van der Waals surface area contributed by atoms with Crippen molar-refractivity contribution in [3.63, 3.8) is 0 Å². The maximum atomic E-state index is 12.9. The molecule has 4 heteroatoms. The average molecular weight is 386 g/mol. The number of carbonyl (C=O) groups is 2. The van der Waals surface area contributed by atoms with E-state index in [0.717, 1.165) is 53.2 Å². The van der Waals surface area contributed by atoms with Gasteiger partial charge in [-0.05, 0) is 61.3 Å². The van der Waals surface area contributed by atoms with E-state index in [0.29, 0.717) is 11.3 Å². The van der Waals surface area contributed by atoms with Gasteiger partial charge in [0.25, 0.3) is 0 Å². The van der Waals surface area contributed by atoms with Crippen LogP contribution in [0.3, 0.4) is 0 Å². The summed E-state index contributed by atoms with van der Waals surface area (Å²) in [5.41, 5.74) is 3.40. The summed E-state index contributed by atoms with van der Waals surface area (Å²) in [6.45, 7) is 1.99. The van der Waals surface area contributed by atoms with Gasteiger partial charge >= 0.3 is 11.9 Å². The molecular weight excluding hydrogens is 364 g/mol. The van der Waals surface area contributed by atoms with Crippen molar-refractivity contribution < 1.29 is 19.4 Å². The van der Waals surface area contributed by atoms with Gasteiger partial charge in [-0.15, -0.1) is 0 Å². The SMILES string of the molecule is CC1=C(C(=O)Oc2cccc3cccc(-c4ccccc4C(=O)O)c23)CCCC1. The minimum absolute atomic E-state index is 0.215. The first kappa shape index (κ1) is 18.9. The van der Waals surface area contributed by atoms with Crippen LogP contribution in [-0.2, 0) is 4.79 Å². The normalized spacial score (nSPS) is 14.1. The Bertz CT molecular complexity index is 1140. The zero-order valence-corrected chi connectivity index (χ0v) is 16.3. The first-order valence-electron chi connectivity index (χ1n) is 9.81. The van der Waals surface area contributed by atoms with Crippen molar-refractivity contribution in [3.05, 3.63) is 77.4 Å². The highest BCUT2D eigenvalue weighted by Crippen LogP contribution is 2.37. The first-order chi connectivity index (χ1) is 14.1. The number of hydrogen-bond acceptors (Lipinski definition) is 3. The van der Waals surface area contributed by atoms with Gasteiger partial charge in [0.1, 0.15) is 5.75 Å². The number of rotatable bonds is 4. The lowest BCUT2D eigenvalue weighted by Gasteiger charge is -2.18. The summed E-state index contributed by atoms with van der Waals surface area (Å²) in [7, 11) is 0. The third-order valence-electron chi connectivity index (χ3n) is 5.51. The largest absolute Gasteiger partial charge is 0.478 e. The molecule has 0 atom stereocenters. The van der Waals surface area contributed by atoms with E-state index in [1.54, 1.807) is 24.3 Å². The second-order valence-corrected chi connectivity index (χ2v) is 7.37. The van der Waals surface area contributed by atoms with Crippen molar-refractivity contribution in [1.29, 1.82) is 0 Å². The van der Waals surface area contributed by atoms with Gasteiger partial charge in [0.15, 0.2) is 0 Å². The number of hydrogen-bond donors (Lipinski definition) is 1. The molecule has 0 unspecified atom stereocenters. The van der Waals surface area contributed by atoms with Gasteiger partial charge in [-0.2, -0.15) is 0 Å². The maximum Gasteiger partial charge on any atom is 0.339 e. The topological polar surface area (TPSA) is 63.6 Å². The van der Waals surface area contributed by atoms with Gasteiger partial charge < -0.3 is 9.84 Å². The van der Waals surface area contributed by atoms with Crippen LogP contribution in [0.5, 0.6) is 5.75 Å². The first-order valence-corrected chi connectivity index (χ1v) is 9.81. The van der Waals surface area contributed by atoms with Gasteiger partial charge in [0, 0.05) is 11.0 Å². The van der Waals surface area contributed by atoms with Crippen LogP contribution >= 0.6 is 0 Å². The number of carbonyl (C=O) groups excluding carboxylic acids is 1. The molecule has 0 amide bonds. The van der Waals surface area contributed by atoms with E-state index in [-0.39, 0.29) is 11.5 Å². The molecular formula is C25H22O4. The van der Waals surface area contributed by atoms with Crippen molar-refractivity contribution in [2.75, 3.05) is 0 Å². The van der Waals surface area contributed by atoms with E-state index in [1.807, 2.05) is 43.3 Å². The molecule has 1 aliphatic carbocycles. The Balaban J connectivity index is 1.85. The van der Waals surface area contributed by atoms with Crippen molar-refractivity contribution >= 4 is 22.7 Å². The van der Waals surface area contributed by atoms with Gasteiger partial charge in [-0.25, -0.2) is 9.59 Å². The van der Waals surface area contributed by atoms with Crippen molar-refractivity contribution in [3.8, 4) is 16.9 Å². The fraction of sp³-hybridized carbons (Fsp3) is 0.200. The molecule has 0 saturated carbocycles. The molecule has 0 bridgehead atoms. The Kier molecular flexibility index (Phi) is 5.17. The van der Waals surface area contributed by atoms with Crippen LogP contribution in [0.2, 0.25) is 0 Å². The molecule has 3 aromatic carbocycles. The highest BCUT2D eigenvalue weighted by Gasteiger charge is 2.21. The number of esters is 1. The molecule has 1 aliphatic rings. The molecule has 1 N–H and O–H groups in total. The van der Waals surface area contributed by atoms with E-state index in [9.17, 15) is 14.7 Å². The number of carboxylic acids is 1. The quantitative estimate of drug-likeness (QED) is 0.441. The monoisotopic (exact) mass is 386 g/mol. The van der Waals surface area contributed by atoms with E-state index in [1.165, 1.54) is 0 Å². The Hall–Kier alpha value is -3.40. The van der Waals surface area contributed by atoms with E-state index >= 15 is 0 Å². The number of fused-ring (bicyclic) bond motifs is 1. The minimum Gasteiger partial charge on any atom is -0.478 e. The van der Waals surface area contributed by atoms with Crippen molar-refractivity contribution in [2.24, 2.45) is 0 Å². The molecule has 0 saturated heterocycles. The highest BCUT2D eigenvalue weighted by molar-refractivity contribution is 6.07. The molecule has 4 rings (SSSR count). The van der Waals surface area contributed by atoms with E-state index < -0.39 is 5.97 Å². The Morgan fingerprint density at radius 2 is 1.55 bits per heavy atom. The van der Waals surface area contributed by atoms with Crippen LogP contribution in [0.25, 0.3) is 21.9 Å². The smallest absolute Gasteiger partial charge is 0.339 e. The summed E-state index contributed by atoms with van der Waals surface area (Å²) in [5, 5.41) is 11.3. The zero-order chi connectivity index (χ0) is 20.4. The lowest BCUT2D eigenvalue weighted by Crippen LogP contribution is -2.15. The maximum absolute atomic E-state index is 12.9. The highest BCUT2D eigenvalue weighted by atomic mass is 16.5. The van der Waals surface area contributed by atoms with Gasteiger partial charge in [0.05, 0.1) is 5.56 Å². The average Bonchev–Trinajstić information content (AvgIpc) is 2.73. The lowest BCUT2D eigenvalue weighted by atomic mass is 9.92. The van der Waals surface area contributed by atoms with Crippen molar-refractivity contribution in [2.45, 2.75) is 32.6 Å². The standard InChI is InChI=1S/C25H22O4/c1-16-8-2-3-11-18(16)25(28)29-22-15-7-10-17-9-6-14-20(23(17)22)19-12-4-5-13-21(19)24(26)27/h4-7,9-10,12-15H,2-3,8,11H2,1H3,(H,26,27). The molecule has 0 aromatic heterocycles. The van der Waals surface area contributed by atoms with E-state index in [4.69, 9.17) is 4.74 Å². The summed E-state index contributed by atoms with van der Waals surface area (Å²) in [5.74, 6) is -0.847. The predicted octanol–water partition coefficient (Wildman–Crippen LogP) is 6.00. The molecule has 0 spiro atoms. The summed E-state index contributed by atoms with van der Waals surface area (Å²) in [6.07, 6.45) is 3.77. The number of aromatic carboxylic acids is 1. The molecule has 4 nitrogen and oxygen atoms in total. The van der Waals surface area contributed by atoms with Crippen LogP contribution in [-0.4, -0.2) is 17.0 Å². The van der Waals surface area contributed by atoms with Crippen LogP contribution in [0.15, 0.2) is 71.8 Å². The molecule has 0 aliphatic heterocycles. The van der Waals surface area contributed by atoms with Crippen LogP contribution in [0.4, 0.5) is 0 Å². The van der Waals surface area contributed by atoms with E-state index in [2.05, 4.69) is 0 Å². The lowest BCUT2D eigenvalue weighted by molar-refractivity contribution is -0.130. The minimum atomic E-state index is -0.991. The van der Waals surface area contributed by atoms with Gasteiger partial charge in [-0.3, -0.25) is 0 Å². The molecule has 0 fully saturated rings. The Morgan fingerprint density at radius 3 is 2.31 bits per heavy atom.